The van der Waals surface area contributed by atoms with Gasteiger partial charge >= 0.3 is 0 Å². The molecule has 1 aliphatic carbocycles. The topological polar surface area (TPSA) is 84.0 Å². The third-order valence-electron chi connectivity index (χ3n) is 2.85. The Hall–Kier alpha value is -1.21. The summed E-state index contributed by atoms with van der Waals surface area (Å²) < 4.78 is 24.8. The molecule has 0 amide bonds. The van der Waals surface area contributed by atoms with Crippen LogP contribution in [0.25, 0.3) is 0 Å². The summed E-state index contributed by atoms with van der Waals surface area (Å²) in [7, 11) is -1.75. The molecule has 94 valence electrons. The Morgan fingerprint density at radius 3 is 2.94 bits per heavy atom. The van der Waals surface area contributed by atoms with Gasteiger partial charge in [0.1, 0.15) is 12.1 Å². The number of anilines is 1. The van der Waals surface area contributed by atoms with E-state index in [2.05, 4.69) is 20.0 Å². The van der Waals surface area contributed by atoms with Crippen LogP contribution in [0.5, 0.6) is 0 Å². The molecule has 2 rings (SSSR count). The minimum Gasteiger partial charge on any atom is -0.369 e. The molecule has 0 aromatic carbocycles. The van der Waals surface area contributed by atoms with Crippen LogP contribution in [0.15, 0.2) is 6.33 Å². The number of aromatic nitrogens is 2. The van der Waals surface area contributed by atoms with Crippen LogP contribution < -0.4 is 10.0 Å². The van der Waals surface area contributed by atoms with E-state index < -0.39 is 10.0 Å². The number of nitrogens with zero attached hydrogens (tertiary/aromatic N) is 2. The molecular formula is C10H16N4O2S. The SMILES string of the molecule is CNS(=O)(=O)CCNc1ncnc2c1CCC2. The van der Waals surface area contributed by atoms with E-state index in [1.54, 1.807) is 0 Å². The van der Waals surface area contributed by atoms with E-state index >= 15 is 0 Å². The van der Waals surface area contributed by atoms with E-state index in [-0.39, 0.29) is 5.75 Å². The van der Waals surface area contributed by atoms with Crippen molar-refractivity contribution in [1.29, 1.82) is 0 Å². The molecule has 0 aliphatic heterocycles. The van der Waals surface area contributed by atoms with Gasteiger partial charge in [0.25, 0.3) is 0 Å². The van der Waals surface area contributed by atoms with E-state index in [1.165, 1.54) is 13.4 Å². The van der Waals surface area contributed by atoms with Crippen molar-refractivity contribution in [2.75, 3.05) is 24.7 Å². The zero-order valence-electron chi connectivity index (χ0n) is 9.73. The Kier molecular flexibility index (Phi) is 3.58. The number of rotatable bonds is 5. The maximum Gasteiger partial charge on any atom is 0.213 e. The van der Waals surface area contributed by atoms with Crippen molar-refractivity contribution < 1.29 is 8.42 Å². The fraction of sp³-hybridized carbons (Fsp3) is 0.600. The van der Waals surface area contributed by atoms with Crippen LogP contribution in [0.2, 0.25) is 0 Å². The molecule has 0 atom stereocenters. The minimum absolute atomic E-state index is 0.0439. The van der Waals surface area contributed by atoms with E-state index in [0.717, 1.165) is 36.3 Å². The van der Waals surface area contributed by atoms with Gasteiger partial charge in [0.2, 0.25) is 10.0 Å². The fourth-order valence-corrected chi connectivity index (χ4v) is 2.49. The predicted molar refractivity (Wildman–Crippen MR) is 65.4 cm³/mol. The maximum atomic E-state index is 11.2. The van der Waals surface area contributed by atoms with E-state index in [9.17, 15) is 8.42 Å². The zero-order chi connectivity index (χ0) is 12.3. The number of fused-ring (bicyclic) bond motifs is 1. The lowest BCUT2D eigenvalue weighted by molar-refractivity contribution is 0.588. The highest BCUT2D eigenvalue weighted by Gasteiger charge is 2.17. The molecule has 0 bridgehead atoms. The van der Waals surface area contributed by atoms with Crippen LogP contribution in [0.4, 0.5) is 5.82 Å². The van der Waals surface area contributed by atoms with Crippen molar-refractivity contribution in [2.24, 2.45) is 0 Å². The molecule has 1 aliphatic rings. The second-order valence-electron chi connectivity index (χ2n) is 3.95. The Bertz CT molecular complexity index is 501. The van der Waals surface area contributed by atoms with Crippen molar-refractivity contribution in [3.05, 3.63) is 17.6 Å². The average Bonchev–Trinajstić information content (AvgIpc) is 2.78. The summed E-state index contributed by atoms with van der Waals surface area (Å²) in [5, 5.41) is 3.07. The van der Waals surface area contributed by atoms with Gasteiger partial charge in [-0.25, -0.2) is 23.1 Å². The molecule has 2 N–H and O–H groups in total. The van der Waals surface area contributed by atoms with Gasteiger partial charge in [-0.3, -0.25) is 0 Å². The van der Waals surface area contributed by atoms with Crippen molar-refractivity contribution >= 4 is 15.8 Å². The van der Waals surface area contributed by atoms with Crippen molar-refractivity contribution in [1.82, 2.24) is 14.7 Å². The summed E-state index contributed by atoms with van der Waals surface area (Å²) in [6.07, 6.45) is 4.58. The molecule has 0 radical (unpaired) electrons. The van der Waals surface area contributed by atoms with Gasteiger partial charge in [0.15, 0.2) is 0 Å². The lowest BCUT2D eigenvalue weighted by atomic mass is 10.2. The Morgan fingerprint density at radius 1 is 1.35 bits per heavy atom. The first-order chi connectivity index (χ1) is 8.12. The van der Waals surface area contributed by atoms with Crippen molar-refractivity contribution in [3.63, 3.8) is 0 Å². The third-order valence-corrected chi connectivity index (χ3v) is 4.21. The molecule has 1 aromatic heterocycles. The normalized spacial score (nSPS) is 14.6. The lowest BCUT2D eigenvalue weighted by Crippen LogP contribution is -2.26. The quantitative estimate of drug-likeness (QED) is 0.770. The number of sulfonamides is 1. The zero-order valence-corrected chi connectivity index (χ0v) is 10.5. The Balaban J connectivity index is 1.99. The average molecular weight is 256 g/mol. The summed E-state index contributed by atoms with van der Waals surface area (Å²) >= 11 is 0. The van der Waals surface area contributed by atoms with Gasteiger partial charge < -0.3 is 5.32 Å². The summed E-state index contributed by atoms with van der Waals surface area (Å²) in [4.78, 5) is 8.37. The van der Waals surface area contributed by atoms with Crippen LogP contribution in [-0.4, -0.2) is 37.7 Å². The molecule has 0 spiro atoms. The standard InChI is InChI=1S/C10H16N4O2S/c1-11-17(15,16)6-5-12-10-8-3-2-4-9(8)13-7-14-10/h7,11H,2-6H2,1H3,(H,12,13,14). The number of hydrogen-bond donors (Lipinski definition) is 2. The van der Waals surface area contributed by atoms with E-state index in [0.29, 0.717) is 6.54 Å². The molecule has 0 fully saturated rings. The summed E-state index contributed by atoms with van der Waals surface area (Å²) in [5.41, 5.74) is 2.22. The van der Waals surface area contributed by atoms with E-state index in [4.69, 9.17) is 0 Å². The first kappa shape index (κ1) is 12.3. The second-order valence-corrected chi connectivity index (χ2v) is 6.00. The van der Waals surface area contributed by atoms with Crippen LogP contribution in [0.3, 0.4) is 0 Å². The highest BCUT2D eigenvalue weighted by atomic mass is 32.2. The van der Waals surface area contributed by atoms with Gasteiger partial charge in [0.05, 0.1) is 5.75 Å². The molecule has 6 nitrogen and oxygen atoms in total. The largest absolute Gasteiger partial charge is 0.369 e. The van der Waals surface area contributed by atoms with Crippen LogP contribution in [0.1, 0.15) is 17.7 Å². The first-order valence-electron chi connectivity index (χ1n) is 5.60. The van der Waals surface area contributed by atoms with Gasteiger partial charge in [-0.05, 0) is 26.3 Å². The van der Waals surface area contributed by atoms with Crippen molar-refractivity contribution in [2.45, 2.75) is 19.3 Å². The molecule has 17 heavy (non-hydrogen) atoms. The summed E-state index contributed by atoms with van der Waals surface area (Å²) in [6.45, 7) is 0.354. The minimum atomic E-state index is -3.16. The maximum absolute atomic E-state index is 11.2. The molecular weight excluding hydrogens is 240 g/mol. The molecule has 0 unspecified atom stereocenters. The smallest absolute Gasteiger partial charge is 0.213 e. The lowest BCUT2D eigenvalue weighted by Gasteiger charge is -2.09. The Labute approximate surface area is 101 Å². The van der Waals surface area contributed by atoms with Crippen molar-refractivity contribution in [3.8, 4) is 0 Å². The highest BCUT2D eigenvalue weighted by Crippen LogP contribution is 2.24. The van der Waals surface area contributed by atoms with Gasteiger partial charge in [-0.15, -0.1) is 0 Å². The molecule has 1 heterocycles. The van der Waals surface area contributed by atoms with Gasteiger partial charge in [-0.1, -0.05) is 0 Å². The summed E-state index contributed by atoms with van der Waals surface area (Å²) in [5.74, 6) is 0.821. The third kappa shape index (κ3) is 2.92. The van der Waals surface area contributed by atoms with Crippen LogP contribution in [-0.2, 0) is 22.9 Å². The van der Waals surface area contributed by atoms with E-state index in [1.807, 2.05) is 0 Å². The van der Waals surface area contributed by atoms with Crippen LogP contribution >= 0.6 is 0 Å². The molecule has 0 saturated heterocycles. The Morgan fingerprint density at radius 2 is 2.18 bits per heavy atom. The second kappa shape index (κ2) is 4.97. The van der Waals surface area contributed by atoms with Gasteiger partial charge in [0, 0.05) is 17.8 Å². The van der Waals surface area contributed by atoms with Crippen LogP contribution in [0, 0.1) is 0 Å². The fourth-order valence-electron chi connectivity index (χ4n) is 1.92. The number of hydrogen-bond acceptors (Lipinski definition) is 5. The predicted octanol–water partition coefficient (Wildman–Crippen LogP) is -0.0736. The summed E-state index contributed by atoms with van der Waals surface area (Å²) in [6, 6.07) is 0. The molecule has 1 aromatic rings. The first-order valence-corrected chi connectivity index (χ1v) is 7.25. The van der Waals surface area contributed by atoms with Gasteiger partial charge in [-0.2, -0.15) is 0 Å². The monoisotopic (exact) mass is 256 g/mol. The molecule has 0 saturated carbocycles. The molecule has 7 heteroatoms. The number of aryl methyl sites for hydroxylation is 1. The highest BCUT2D eigenvalue weighted by molar-refractivity contribution is 7.89. The number of nitrogens with one attached hydrogen (secondary N) is 2.